The van der Waals surface area contributed by atoms with Gasteiger partial charge in [-0.1, -0.05) is 50.4 Å². The molecule has 1 N–H and O–H groups in total. The maximum absolute atomic E-state index is 9.39. The van der Waals surface area contributed by atoms with Crippen LogP contribution in [0.3, 0.4) is 0 Å². The molecule has 0 fully saturated rings. The SMILES string of the molecule is CC(C)CCCC(CO)c1cccc(Cl)c1. The van der Waals surface area contributed by atoms with Crippen molar-refractivity contribution >= 4 is 11.6 Å². The highest BCUT2D eigenvalue weighted by atomic mass is 35.5. The lowest BCUT2D eigenvalue weighted by Gasteiger charge is -2.15. The molecule has 1 aromatic carbocycles. The zero-order valence-corrected chi connectivity index (χ0v) is 10.9. The number of rotatable bonds is 6. The Labute approximate surface area is 103 Å². The van der Waals surface area contributed by atoms with Crippen LogP contribution < -0.4 is 0 Å². The summed E-state index contributed by atoms with van der Waals surface area (Å²) in [6.45, 7) is 4.67. The van der Waals surface area contributed by atoms with Gasteiger partial charge in [-0.3, -0.25) is 0 Å². The molecule has 2 heteroatoms. The van der Waals surface area contributed by atoms with Gasteiger partial charge < -0.3 is 5.11 Å². The van der Waals surface area contributed by atoms with E-state index < -0.39 is 0 Å². The fraction of sp³-hybridized carbons (Fsp3) is 0.571. The predicted molar refractivity (Wildman–Crippen MR) is 70.0 cm³/mol. The highest BCUT2D eigenvalue weighted by Crippen LogP contribution is 2.24. The van der Waals surface area contributed by atoms with Crippen molar-refractivity contribution in [1.82, 2.24) is 0 Å². The summed E-state index contributed by atoms with van der Waals surface area (Å²) in [4.78, 5) is 0. The van der Waals surface area contributed by atoms with E-state index in [0.717, 1.165) is 29.3 Å². The van der Waals surface area contributed by atoms with Gasteiger partial charge in [-0.05, 0) is 30.0 Å². The van der Waals surface area contributed by atoms with E-state index in [1.54, 1.807) is 0 Å². The molecule has 90 valence electrons. The molecule has 0 heterocycles. The fourth-order valence-corrected chi connectivity index (χ4v) is 2.10. The molecule has 1 atom stereocenters. The maximum atomic E-state index is 9.39. The van der Waals surface area contributed by atoms with Gasteiger partial charge in [-0.15, -0.1) is 0 Å². The minimum Gasteiger partial charge on any atom is -0.396 e. The number of hydrogen-bond donors (Lipinski definition) is 1. The van der Waals surface area contributed by atoms with Gasteiger partial charge >= 0.3 is 0 Å². The lowest BCUT2D eigenvalue weighted by Crippen LogP contribution is -2.04. The van der Waals surface area contributed by atoms with E-state index in [2.05, 4.69) is 13.8 Å². The summed E-state index contributed by atoms with van der Waals surface area (Å²) in [6, 6.07) is 7.82. The molecular weight excluding hydrogens is 220 g/mol. The third-order valence-corrected chi connectivity index (χ3v) is 3.11. The Hall–Kier alpha value is -0.530. The van der Waals surface area contributed by atoms with Gasteiger partial charge in [0, 0.05) is 17.5 Å². The minimum atomic E-state index is 0.207. The highest BCUT2D eigenvalue weighted by molar-refractivity contribution is 6.30. The van der Waals surface area contributed by atoms with Crippen LogP contribution in [0.15, 0.2) is 24.3 Å². The summed E-state index contributed by atoms with van der Waals surface area (Å²) in [5.41, 5.74) is 1.15. The molecule has 0 saturated heterocycles. The number of benzene rings is 1. The van der Waals surface area contributed by atoms with Crippen LogP contribution in [-0.4, -0.2) is 11.7 Å². The summed E-state index contributed by atoms with van der Waals surface area (Å²) in [5, 5.41) is 10.1. The molecule has 1 unspecified atom stereocenters. The molecule has 0 aliphatic rings. The van der Waals surface area contributed by atoms with Crippen LogP contribution in [0, 0.1) is 5.92 Å². The second-order valence-corrected chi connectivity index (χ2v) is 5.20. The Morgan fingerprint density at radius 3 is 2.56 bits per heavy atom. The quantitative estimate of drug-likeness (QED) is 0.789. The summed E-state index contributed by atoms with van der Waals surface area (Å²) in [6.07, 6.45) is 3.42. The molecule has 1 aromatic rings. The van der Waals surface area contributed by atoms with Crippen molar-refractivity contribution in [1.29, 1.82) is 0 Å². The highest BCUT2D eigenvalue weighted by Gasteiger charge is 2.10. The van der Waals surface area contributed by atoms with Crippen molar-refractivity contribution in [3.8, 4) is 0 Å². The fourth-order valence-electron chi connectivity index (χ4n) is 1.90. The van der Waals surface area contributed by atoms with Crippen molar-refractivity contribution in [3.63, 3.8) is 0 Å². The first-order valence-corrected chi connectivity index (χ1v) is 6.37. The number of halogens is 1. The Morgan fingerprint density at radius 1 is 1.25 bits per heavy atom. The van der Waals surface area contributed by atoms with E-state index in [0.29, 0.717) is 0 Å². The van der Waals surface area contributed by atoms with Crippen LogP contribution in [0.25, 0.3) is 0 Å². The largest absolute Gasteiger partial charge is 0.396 e. The summed E-state index contributed by atoms with van der Waals surface area (Å²) in [7, 11) is 0. The summed E-state index contributed by atoms with van der Waals surface area (Å²) in [5.74, 6) is 0.969. The number of hydrogen-bond acceptors (Lipinski definition) is 1. The van der Waals surface area contributed by atoms with Gasteiger partial charge in [-0.2, -0.15) is 0 Å². The lowest BCUT2D eigenvalue weighted by molar-refractivity contribution is 0.255. The van der Waals surface area contributed by atoms with Gasteiger partial charge in [-0.25, -0.2) is 0 Å². The Kier molecular flexibility index (Phi) is 5.86. The summed E-state index contributed by atoms with van der Waals surface area (Å²) < 4.78 is 0. The van der Waals surface area contributed by atoms with Gasteiger partial charge in [0.05, 0.1) is 0 Å². The molecule has 1 nitrogen and oxygen atoms in total. The zero-order valence-electron chi connectivity index (χ0n) is 10.1. The molecule has 0 amide bonds. The topological polar surface area (TPSA) is 20.2 Å². The molecule has 0 bridgehead atoms. The average Bonchev–Trinajstić information content (AvgIpc) is 2.24. The van der Waals surface area contributed by atoms with Crippen molar-refractivity contribution < 1.29 is 5.11 Å². The van der Waals surface area contributed by atoms with Crippen molar-refractivity contribution in [2.45, 2.75) is 39.0 Å². The van der Waals surface area contributed by atoms with E-state index in [1.165, 1.54) is 6.42 Å². The minimum absolute atomic E-state index is 0.207. The molecule has 0 aromatic heterocycles. The Balaban J connectivity index is 2.53. The predicted octanol–water partition coefficient (Wildman–Crippen LogP) is 4.24. The number of aliphatic hydroxyl groups excluding tert-OH is 1. The molecule has 0 aliphatic carbocycles. The first-order valence-electron chi connectivity index (χ1n) is 5.99. The van der Waals surface area contributed by atoms with Crippen LogP contribution in [0.1, 0.15) is 44.6 Å². The second kappa shape index (κ2) is 6.93. The van der Waals surface area contributed by atoms with Gasteiger partial charge in [0.2, 0.25) is 0 Å². The van der Waals surface area contributed by atoms with Gasteiger partial charge in [0.15, 0.2) is 0 Å². The smallest absolute Gasteiger partial charge is 0.0499 e. The van der Waals surface area contributed by atoms with Gasteiger partial charge in [0.1, 0.15) is 0 Å². The average molecular weight is 241 g/mol. The monoisotopic (exact) mass is 240 g/mol. The van der Waals surface area contributed by atoms with E-state index in [9.17, 15) is 5.11 Å². The van der Waals surface area contributed by atoms with E-state index >= 15 is 0 Å². The molecule has 1 rings (SSSR count). The molecule has 0 aliphatic heterocycles. The van der Waals surface area contributed by atoms with Crippen LogP contribution >= 0.6 is 11.6 Å². The normalized spacial score (nSPS) is 13.1. The van der Waals surface area contributed by atoms with E-state index in [4.69, 9.17) is 11.6 Å². The van der Waals surface area contributed by atoms with Crippen molar-refractivity contribution in [2.24, 2.45) is 5.92 Å². The molecule has 0 radical (unpaired) electrons. The van der Waals surface area contributed by atoms with E-state index in [-0.39, 0.29) is 12.5 Å². The third-order valence-electron chi connectivity index (χ3n) is 2.87. The number of aliphatic hydroxyl groups is 1. The molecular formula is C14H21ClO. The van der Waals surface area contributed by atoms with Crippen LogP contribution in [0.5, 0.6) is 0 Å². The van der Waals surface area contributed by atoms with Gasteiger partial charge in [0.25, 0.3) is 0 Å². The van der Waals surface area contributed by atoms with Crippen molar-refractivity contribution in [3.05, 3.63) is 34.9 Å². The van der Waals surface area contributed by atoms with Crippen LogP contribution in [0.2, 0.25) is 5.02 Å². The van der Waals surface area contributed by atoms with E-state index in [1.807, 2.05) is 24.3 Å². The Morgan fingerprint density at radius 2 is 2.00 bits per heavy atom. The molecule has 0 spiro atoms. The molecule has 0 saturated carbocycles. The van der Waals surface area contributed by atoms with Crippen molar-refractivity contribution in [2.75, 3.05) is 6.61 Å². The second-order valence-electron chi connectivity index (χ2n) is 4.76. The summed E-state index contributed by atoms with van der Waals surface area (Å²) >= 11 is 5.95. The standard InChI is InChI=1S/C14H21ClO/c1-11(2)5-3-7-13(10-16)12-6-4-8-14(15)9-12/h4,6,8-9,11,13,16H,3,5,7,10H2,1-2H3. The van der Waals surface area contributed by atoms with Crippen LogP contribution in [0.4, 0.5) is 0 Å². The first kappa shape index (κ1) is 13.5. The third kappa shape index (κ3) is 4.54. The maximum Gasteiger partial charge on any atom is 0.0499 e. The van der Waals surface area contributed by atoms with Crippen LogP contribution in [-0.2, 0) is 0 Å². The lowest BCUT2D eigenvalue weighted by atomic mass is 9.93. The molecule has 16 heavy (non-hydrogen) atoms. The first-order chi connectivity index (χ1) is 7.63. The zero-order chi connectivity index (χ0) is 12.0. The Bertz CT molecular complexity index is 309.